The Labute approximate surface area is 127 Å². The van der Waals surface area contributed by atoms with E-state index in [1.807, 2.05) is 12.3 Å². The third kappa shape index (κ3) is 1.68. The predicted octanol–water partition coefficient (Wildman–Crippen LogP) is 4.48. The largest absolute Gasteiger partial charge is 0.369 e. The molecule has 1 aliphatic carbocycles. The Bertz CT molecular complexity index is 745. The standard InChI is InChI=1S/C18H14BrN/c19-18(10-3-4-11-20-18)16-9-5-7-14-12-13-6-1-2-8-15(13)17(14)16/h1-11,20H,12H2. The Morgan fingerprint density at radius 3 is 2.65 bits per heavy atom. The maximum atomic E-state index is 3.86. The van der Waals surface area contributed by atoms with E-state index in [0.717, 1.165) is 6.42 Å². The van der Waals surface area contributed by atoms with E-state index in [1.165, 1.54) is 27.8 Å². The Kier molecular flexibility index (Phi) is 2.61. The van der Waals surface area contributed by atoms with Gasteiger partial charge in [0.2, 0.25) is 0 Å². The molecule has 2 aliphatic rings. The van der Waals surface area contributed by atoms with Crippen LogP contribution < -0.4 is 5.32 Å². The van der Waals surface area contributed by atoms with Crippen molar-refractivity contribution < 1.29 is 0 Å². The average molecular weight is 324 g/mol. The Balaban J connectivity index is 1.95. The van der Waals surface area contributed by atoms with Crippen molar-refractivity contribution in [1.29, 1.82) is 0 Å². The average Bonchev–Trinajstić information content (AvgIpc) is 2.86. The molecular formula is C18H14BrN. The van der Waals surface area contributed by atoms with Crippen molar-refractivity contribution in [3.8, 4) is 11.1 Å². The van der Waals surface area contributed by atoms with E-state index in [9.17, 15) is 0 Å². The van der Waals surface area contributed by atoms with Gasteiger partial charge in [0, 0.05) is 5.56 Å². The van der Waals surface area contributed by atoms with Gasteiger partial charge in [0.15, 0.2) is 0 Å². The van der Waals surface area contributed by atoms with Crippen LogP contribution in [-0.2, 0) is 10.9 Å². The summed E-state index contributed by atoms with van der Waals surface area (Å²) in [4.78, 5) is 0. The number of alkyl halides is 1. The lowest BCUT2D eigenvalue weighted by atomic mass is 9.93. The molecule has 0 amide bonds. The summed E-state index contributed by atoms with van der Waals surface area (Å²) in [6, 6.07) is 15.3. The van der Waals surface area contributed by atoms with Crippen LogP contribution in [0.2, 0.25) is 0 Å². The molecule has 0 fully saturated rings. The van der Waals surface area contributed by atoms with Crippen molar-refractivity contribution in [3.05, 3.63) is 83.6 Å². The zero-order valence-electron chi connectivity index (χ0n) is 10.9. The molecule has 0 spiro atoms. The van der Waals surface area contributed by atoms with Crippen molar-refractivity contribution in [2.75, 3.05) is 0 Å². The number of hydrogen-bond acceptors (Lipinski definition) is 1. The SMILES string of the molecule is BrC1(c2cccc3c2-c2ccccc2C3)C=CC=CN1. The molecule has 2 heteroatoms. The summed E-state index contributed by atoms with van der Waals surface area (Å²) in [5.41, 5.74) is 6.84. The second-order valence-electron chi connectivity index (χ2n) is 5.25. The highest BCUT2D eigenvalue weighted by atomic mass is 79.9. The molecule has 0 saturated heterocycles. The Morgan fingerprint density at radius 1 is 0.950 bits per heavy atom. The minimum absolute atomic E-state index is 0.315. The van der Waals surface area contributed by atoms with Crippen LogP contribution in [0.3, 0.4) is 0 Å². The fourth-order valence-corrected chi connectivity index (χ4v) is 3.74. The lowest BCUT2D eigenvalue weighted by Gasteiger charge is -2.29. The highest BCUT2D eigenvalue weighted by Gasteiger charge is 2.32. The fraction of sp³-hybridized carbons (Fsp3) is 0.111. The molecule has 2 aromatic carbocycles. The van der Waals surface area contributed by atoms with E-state index in [4.69, 9.17) is 0 Å². The number of allylic oxidation sites excluding steroid dienone is 2. The lowest BCUT2D eigenvalue weighted by Crippen LogP contribution is -2.32. The van der Waals surface area contributed by atoms with Crippen LogP contribution in [0.1, 0.15) is 16.7 Å². The minimum Gasteiger partial charge on any atom is -0.369 e. The molecule has 20 heavy (non-hydrogen) atoms. The van der Waals surface area contributed by atoms with E-state index in [-0.39, 0.29) is 4.45 Å². The van der Waals surface area contributed by atoms with E-state index in [1.54, 1.807) is 0 Å². The van der Waals surface area contributed by atoms with E-state index < -0.39 is 0 Å². The highest BCUT2D eigenvalue weighted by Crippen LogP contribution is 2.45. The van der Waals surface area contributed by atoms with Gasteiger partial charge in [0.25, 0.3) is 0 Å². The number of hydrogen-bond donors (Lipinski definition) is 1. The molecule has 1 unspecified atom stereocenters. The van der Waals surface area contributed by atoms with Crippen molar-refractivity contribution in [3.63, 3.8) is 0 Å². The molecule has 4 rings (SSSR count). The highest BCUT2D eigenvalue weighted by molar-refractivity contribution is 9.09. The zero-order valence-corrected chi connectivity index (χ0v) is 12.5. The van der Waals surface area contributed by atoms with Gasteiger partial charge >= 0.3 is 0 Å². The van der Waals surface area contributed by atoms with Crippen LogP contribution in [0.25, 0.3) is 11.1 Å². The first-order chi connectivity index (χ1) is 9.78. The number of fused-ring (bicyclic) bond motifs is 3. The van der Waals surface area contributed by atoms with Gasteiger partial charge in [-0.15, -0.1) is 0 Å². The minimum atomic E-state index is -0.315. The third-order valence-electron chi connectivity index (χ3n) is 4.04. The Hall–Kier alpha value is -1.80. The maximum absolute atomic E-state index is 3.86. The number of benzene rings is 2. The van der Waals surface area contributed by atoms with Gasteiger partial charge in [-0.1, -0.05) is 64.5 Å². The first-order valence-corrected chi connectivity index (χ1v) is 7.59. The molecule has 0 aromatic heterocycles. The molecule has 0 saturated carbocycles. The van der Waals surface area contributed by atoms with Crippen LogP contribution in [0, 0.1) is 0 Å². The van der Waals surface area contributed by atoms with Crippen molar-refractivity contribution in [1.82, 2.24) is 5.32 Å². The molecule has 1 N–H and O–H groups in total. The topological polar surface area (TPSA) is 12.0 Å². The maximum Gasteiger partial charge on any atom is 0.138 e. The van der Waals surface area contributed by atoms with Crippen molar-refractivity contribution in [2.45, 2.75) is 10.9 Å². The van der Waals surface area contributed by atoms with Crippen LogP contribution in [0.4, 0.5) is 0 Å². The molecule has 1 heterocycles. The molecule has 1 atom stereocenters. The van der Waals surface area contributed by atoms with Crippen molar-refractivity contribution >= 4 is 15.9 Å². The molecular weight excluding hydrogens is 310 g/mol. The van der Waals surface area contributed by atoms with E-state index in [2.05, 4.69) is 75.9 Å². The summed E-state index contributed by atoms with van der Waals surface area (Å²) >= 11 is 3.86. The number of halogens is 1. The van der Waals surface area contributed by atoms with Gasteiger partial charge in [-0.3, -0.25) is 0 Å². The van der Waals surface area contributed by atoms with Crippen LogP contribution >= 0.6 is 15.9 Å². The molecule has 0 radical (unpaired) electrons. The quantitative estimate of drug-likeness (QED) is 0.514. The predicted molar refractivity (Wildman–Crippen MR) is 86.7 cm³/mol. The summed E-state index contributed by atoms with van der Waals surface area (Å²) in [6.45, 7) is 0. The molecule has 1 nitrogen and oxygen atoms in total. The summed E-state index contributed by atoms with van der Waals surface area (Å²) in [6.07, 6.45) is 9.25. The van der Waals surface area contributed by atoms with Crippen LogP contribution in [0.5, 0.6) is 0 Å². The Morgan fingerprint density at radius 2 is 1.80 bits per heavy atom. The van der Waals surface area contributed by atoms with Gasteiger partial charge in [-0.2, -0.15) is 0 Å². The fourth-order valence-electron chi connectivity index (χ4n) is 3.12. The molecule has 0 bridgehead atoms. The van der Waals surface area contributed by atoms with Crippen molar-refractivity contribution in [2.24, 2.45) is 0 Å². The number of nitrogens with one attached hydrogen (secondary N) is 1. The van der Waals surface area contributed by atoms with Crippen LogP contribution in [0.15, 0.2) is 66.9 Å². The first kappa shape index (κ1) is 12.0. The molecule has 98 valence electrons. The van der Waals surface area contributed by atoms with Crippen LogP contribution in [-0.4, -0.2) is 0 Å². The second kappa shape index (κ2) is 4.35. The second-order valence-corrected chi connectivity index (χ2v) is 6.50. The van der Waals surface area contributed by atoms with E-state index in [0.29, 0.717) is 0 Å². The van der Waals surface area contributed by atoms with Gasteiger partial charge in [-0.25, -0.2) is 0 Å². The van der Waals surface area contributed by atoms with Gasteiger partial charge in [-0.05, 0) is 47.0 Å². The third-order valence-corrected chi connectivity index (χ3v) is 4.96. The smallest absolute Gasteiger partial charge is 0.138 e. The summed E-state index contributed by atoms with van der Waals surface area (Å²) in [5.74, 6) is 0. The normalized spacial score (nSPS) is 22.2. The lowest BCUT2D eigenvalue weighted by molar-refractivity contribution is 0.697. The summed E-state index contributed by atoms with van der Waals surface area (Å²) in [5, 5.41) is 3.42. The number of rotatable bonds is 1. The van der Waals surface area contributed by atoms with Gasteiger partial charge in [0.1, 0.15) is 4.45 Å². The summed E-state index contributed by atoms with van der Waals surface area (Å²) < 4.78 is -0.315. The number of dihydropyridines is 1. The monoisotopic (exact) mass is 323 g/mol. The zero-order chi connectivity index (χ0) is 13.6. The molecule has 2 aromatic rings. The molecule has 1 aliphatic heterocycles. The van der Waals surface area contributed by atoms with E-state index >= 15 is 0 Å². The van der Waals surface area contributed by atoms with Gasteiger partial charge < -0.3 is 5.32 Å². The summed E-state index contributed by atoms with van der Waals surface area (Å²) in [7, 11) is 0. The van der Waals surface area contributed by atoms with Gasteiger partial charge in [0.05, 0.1) is 0 Å². The first-order valence-electron chi connectivity index (χ1n) is 6.79.